The zero-order valence-corrected chi connectivity index (χ0v) is 13.7. The minimum Gasteiger partial charge on any atom is -0.373 e. The van der Waals surface area contributed by atoms with Crippen molar-refractivity contribution < 1.29 is 4.74 Å². The molecule has 0 bridgehead atoms. The molecular formula is C18H29NO. The normalized spacial score (nSPS) is 19.2. The summed E-state index contributed by atoms with van der Waals surface area (Å²) in [6.45, 7) is 9.52. The lowest BCUT2D eigenvalue weighted by Crippen LogP contribution is -2.43. The minimum atomic E-state index is -0.0179. The predicted octanol–water partition coefficient (Wildman–Crippen LogP) is 4.22. The van der Waals surface area contributed by atoms with Gasteiger partial charge in [-0.15, -0.1) is 0 Å². The molecule has 0 saturated heterocycles. The summed E-state index contributed by atoms with van der Waals surface area (Å²) in [6.07, 6.45) is 4.89. The van der Waals surface area contributed by atoms with Crippen LogP contribution in [0.3, 0.4) is 0 Å². The summed E-state index contributed by atoms with van der Waals surface area (Å²) < 4.78 is 6.26. The second-order valence-corrected chi connectivity index (χ2v) is 6.22. The number of benzene rings is 1. The Hall–Kier alpha value is -0.860. The molecule has 1 atom stereocenters. The third kappa shape index (κ3) is 2.77. The molecule has 1 aliphatic carbocycles. The molecule has 0 radical (unpaired) electrons. The standard InChI is InChI=1S/C18H29NO/c1-6-20-18(9-7-8-10-18)17(19-5)16-12-14(3)13(2)11-15(16)4/h11-12,17,19H,6-10H2,1-5H3. The van der Waals surface area contributed by atoms with Crippen molar-refractivity contribution in [1.82, 2.24) is 5.32 Å². The van der Waals surface area contributed by atoms with Crippen molar-refractivity contribution in [1.29, 1.82) is 0 Å². The van der Waals surface area contributed by atoms with Crippen molar-refractivity contribution >= 4 is 0 Å². The monoisotopic (exact) mass is 275 g/mol. The molecule has 2 nitrogen and oxygen atoms in total. The number of ether oxygens (including phenoxy) is 1. The summed E-state index contributed by atoms with van der Waals surface area (Å²) in [5.74, 6) is 0. The lowest BCUT2D eigenvalue weighted by Gasteiger charge is -2.38. The van der Waals surface area contributed by atoms with Gasteiger partial charge < -0.3 is 10.1 Å². The molecule has 0 heterocycles. The highest BCUT2D eigenvalue weighted by Gasteiger charge is 2.42. The number of rotatable bonds is 5. The highest BCUT2D eigenvalue weighted by atomic mass is 16.5. The van der Waals surface area contributed by atoms with Crippen molar-refractivity contribution in [3.8, 4) is 0 Å². The molecule has 1 aromatic rings. The summed E-state index contributed by atoms with van der Waals surface area (Å²) in [7, 11) is 2.07. The van der Waals surface area contributed by atoms with Crippen LogP contribution in [0.15, 0.2) is 12.1 Å². The third-order valence-electron chi connectivity index (χ3n) is 4.89. The maximum absolute atomic E-state index is 6.26. The number of hydrogen-bond donors (Lipinski definition) is 1. The molecular weight excluding hydrogens is 246 g/mol. The fourth-order valence-corrected chi connectivity index (χ4v) is 3.77. The van der Waals surface area contributed by atoms with Crippen molar-refractivity contribution in [3.63, 3.8) is 0 Å². The third-order valence-corrected chi connectivity index (χ3v) is 4.89. The molecule has 0 spiro atoms. The number of likely N-dealkylation sites (N-methyl/N-ethyl adjacent to an activating group) is 1. The lowest BCUT2D eigenvalue weighted by atomic mass is 9.83. The SMILES string of the molecule is CCOC1(C(NC)c2cc(C)c(C)cc2C)CCCC1. The molecule has 1 aliphatic rings. The van der Waals surface area contributed by atoms with Crippen molar-refractivity contribution in [2.75, 3.05) is 13.7 Å². The van der Waals surface area contributed by atoms with Crippen LogP contribution in [0.4, 0.5) is 0 Å². The summed E-state index contributed by atoms with van der Waals surface area (Å²) in [5, 5.41) is 3.55. The molecule has 20 heavy (non-hydrogen) atoms. The van der Waals surface area contributed by atoms with Crippen LogP contribution in [-0.4, -0.2) is 19.3 Å². The van der Waals surface area contributed by atoms with Crippen molar-refractivity contribution in [2.24, 2.45) is 0 Å². The van der Waals surface area contributed by atoms with Gasteiger partial charge in [-0.1, -0.05) is 25.0 Å². The van der Waals surface area contributed by atoms with Crippen LogP contribution >= 0.6 is 0 Å². The van der Waals surface area contributed by atoms with Crippen molar-refractivity contribution in [2.45, 2.75) is 65.0 Å². The Bertz CT molecular complexity index is 461. The zero-order chi connectivity index (χ0) is 14.8. The van der Waals surface area contributed by atoms with E-state index in [1.54, 1.807) is 0 Å². The molecule has 1 fully saturated rings. The number of nitrogens with one attached hydrogen (secondary N) is 1. The van der Waals surface area contributed by atoms with E-state index in [1.165, 1.54) is 47.9 Å². The van der Waals surface area contributed by atoms with Crippen LogP contribution in [0.1, 0.15) is 60.9 Å². The smallest absolute Gasteiger partial charge is 0.0876 e. The van der Waals surface area contributed by atoms with Gasteiger partial charge in [0.2, 0.25) is 0 Å². The molecule has 1 aromatic carbocycles. The van der Waals surface area contributed by atoms with Gasteiger partial charge in [-0.3, -0.25) is 0 Å². The van der Waals surface area contributed by atoms with Gasteiger partial charge in [0.1, 0.15) is 0 Å². The van der Waals surface area contributed by atoms with Gasteiger partial charge in [-0.2, -0.15) is 0 Å². The van der Waals surface area contributed by atoms with Gasteiger partial charge in [0, 0.05) is 6.61 Å². The van der Waals surface area contributed by atoms with E-state index in [1.807, 2.05) is 0 Å². The van der Waals surface area contributed by atoms with E-state index in [2.05, 4.69) is 52.2 Å². The Kier molecular flexibility index (Phi) is 4.87. The second kappa shape index (κ2) is 6.28. The summed E-state index contributed by atoms with van der Waals surface area (Å²) in [4.78, 5) is 0. The molecule has 2 rings (SSSR count). The number of hydrogen-bond acceptors (Lipinski definition) is 2. The molecule has 0 aliphatic heterocycles. The zero-order valence-electron chi connectivity index (χ0n) is 13.7. The Morgan fingerprint density at radius 2 is 1.70 bits per heavy atom. The van der Waals surface area contributed by atoms with Crippen LogP contribution in [0.25, 0.3) is 0 Å². The van der Waals surface area contributed by atoms with Gasteiger partial charge >= 0.3 is 0 Å². The Morgan fingerprint density at radius 1 is 1.10 bits per heavy atom. The molecule has 0 aromatic heterocycles. The van der Waals surface area contributed by atoms with E-state index < -0.39 is 0 Å². The quantitative estimate of drug-likeness (QED) is 0.868. The largest absolute Gasteiger partial charge is 0.373 e. The summed E-state index contributed by atoms with van der Waals surface area (Å²) >= 11 is 0. The van der Waals surface area contributed by atoms with Crippen LogP contribution in [-0.2, 0) is 4.74 Å². The van der Waals surface area contributed by atoms with E-state index >= 15 is 0 Å². The second-order valence-electron chi connectivity index (χ2n) is 6.22. The molecule has 1 unspecified atom stereocenters. The van der Waals surface area contributed by atoms with Gasteiger partial charge in [0.25, 0.3) is 0 Å². The highest BCUT2D eigenvalue weighted by molar-refractivity contribution is 5.39. The maximum Gasteiger partial charge on any atom is 0.0876 e. The predicted molar refractivity (Wildman–Crippen MR) is 85.3 cm³/mol. The van der Waals surface area contributed by atoms with Crippen LogP contribution in [0, 0.1) is 20.8 Å². The van der Waals surface area contributed by atoms with Crippen LogP contribution < -0.4 is 5.32 Å². The van der Waals surface area contributed by atoms with E-state index in [-0.39, 0.29) is 5.60 Å². The van der Waals surface area contributed by atoms with Crippen LogP contribution in [0.2, 0.25) is 0 Å². The van der Waals surface area contributed by atoms with Gasteiger partial charge in [0.05, 0.1) is 11.6 Å². The average Bonchev–Trinajstić information content (AvgIpc) is 2.86. The first-order chi connectivity index (χ1) is 9.54. The Labute approximate surface area is 123 Å². The van der Waals surface area contributed by atoms with E-state index in [0.717, 1.165) is 6.61 Å². The first kappa shape index (κ1) is 15.5. The van der Waals surface area contributed by atoms with Crippen LogP contribution in [0.5, 0.6) is 0 Å². The highest BCUT2D eigenvalue weighted by Crippen LogP contribution is 2.43. The lowest BCUT2D eigenvalue weighted by molar-refractivity contribution is -0.0611. The number of aryl methyl sites for hydroxylation is 3. The fourth-order valence-electron chi connectivity index (χ4n) is 3.77. The minimum absolute atomic E-state index is 0.0179. The van der Waals surface area contributed by atoms with Gasteiger partial charge in [-0.05, 0) is 69.8 Å². The van der Waals surface area contributed by atoms with E-state index in [4.69, 9.17) is 4.74 Å². The molecule has 0 amide bonds. The van der Waals surface area contributed by atoms with Gasteiger partial charge in [0.15, 0.2) is 0 Å². The topological polar surface area (TPSA) is 21.3 Å². The molecule has 112 valence electrons. The summed E-state index contributed by atoms with van der Waals surface area (Å²) in [5.41, 5.74) is 5.51. The fraction of sp³-hybridized carbons (Fsp3) is 0.667. The van der Waals surface area contributed by atoms with E-state index in [9.17, 15) is 0 Å². The first-order valence-electron chi connectivity index (χ1n) is 7.93. The Morgan fingerprint density at radius 3 is 2.25 bits per heavy atom. The first-order valence-corrected chi connectivity index (χ1v) is 7.93. The average molecular weight is 275 g/mol. The molecule has 2 heteroatoms. The Balaban J connectivity index is 2.43. The maximum atomic E-state index is 6.26. The molecule has 1 N–H and O–H groups in total. The van der Waals surface area contributed by atoms with Gasteiger partial charge in [-0.25, -0.2) is 0 Å². The molecule has 1 saturated carbocycles. The van der Waals surface area contributed by atoms with Crippen molar-refractivity contribution in [3.05, 3.63) is 34.4 Å². The summed E-state index contributed by atoms with van der Waals surface area (Å²) in [6, 6.07) is 4.96. The van der Waals surface area contributed by atoms with E-state index in [0.29, 0.717) is 6.04 Å².